The van der Waals surface area contributed by atoms with Crippen molar-refractivity contribution >= 4 is 40.6 Å². The molecular formula is C14H19Cl3N2. The molecule has 1 fully saturated rings. The van der Waals surface area contributed by atoms with Gasteiger partial charge in [-0.15, -0.1) is 0 Å². The van der Waals surface area contributed by atoms with E-state index in [2.05, 4.69) is 23.7 Å². The van der Waals surface area contributed by atoms with Gasteiger partial charge in [-0.2, -0.15) is 0 Å². The first-order valence-corrected chi connectivity index (χ1v) is 7.90. The van der Waals surface area contributed by atoms with Gasteiger partial charge in [-0.3, -0.25) is 0 Å². The molecule has 0 amide bonds. The first-order valence-electron chi connectivity index (χ1n) is 6.77. The Morgan fingerprint density at radius 1 is 1.21 bits per heavy atom. The summed E-state index contributed by atoms with van der Waals surface area (Å²) in [5.41, 5.74) is 0. The fourth-order valence-electron chi connectivity index (χ4n) is 2.65. The normalized spacial score (nSPS) is 16.3. The number of hydrogen-bond donors (Lipinski definition) is 0. The van der Waals surface area contributed by atoms with Gasteiger partial charge in [-0.1, -0.05) is 61.5 Å². The number of rotatable bonds is 4. The Morgan fingerprint density at radius 2 is 1.84 bits per heavy atom. The molecule has 0 atom stereocenters. The van der Waals surface area contributed by atoms with Crippen molar-refractivity contribution in [1.29, 1.82) is 0 Å². The van der Waals surface area contributed by atoms with E-state index in [9.17, 15) is 0 Å². The van der Waals surface area contributed by atoms with Gasteiger partial charge in [0.15, 0.2) is 0 Å². The topological polar surface area (TPSA) is 16.1 Å². The predicted molar refractivity (Wildman–Crippen MR) is 83.7 cm³/mol. The zero-order valence-corrected chi connectivity index (χ0v) is 13.6. The van der Waals surface area contributed by atoms with Crippen LogP contribution in [-0.4, -0.2) is 17.6 Å². The fourth-order valence-corrected chi connectivity index (χ4v) is 3.26. The summed E-state index contributed by atoms with van der Waals surface area (Å²) in [5, 5.41) is 1.32. The molecule has 106 valence electrons. The average Bonchev–Trinajstić information content (AvgIpc) is 2.84. The quantitative estimate of drug-likeness (QED) is 0.686. The molecule has 0 N–H and O–H groups in total. The van der Waals surface area contributed by atoms with Gasteiger partial charge in [0, 0.05) is 12.6 Å². The van der Waals surface area contributed by atoms with Crippen LogP contribution in [0.15, 0.2) is 6.07 Å². The average molecular weight is 322 g/mol. The Balaban J connectivity index is 2.33. The number of halogens is 3. The molecule has 19 heavy (non-hydrogen) atoms. The highest BCUT2D eigenvalue weighted by atomic mass is 35.5. The molecule has 0 aliphatic heterocycles. The van der Waals surface area contributed by atoms with Crippen molar-refractivity contribution in [2.45, 2.75) is 45.6 Å². The van der Waals surface area contributed by atoms with Crippen molar-refractivity contribution in [3.63, 3.8) is 0 Å². The monoisotopic (exact) mass is 320 g/mol. The summed E-state index contributed by atoms with van der Waals surface area (Å²) in [6.45, 7) is 5.34. The molecule has 1 saturated carbocycles. The molecule has 1 aromatic rings. The van der Waals surface area contributed by atoms with Gasteiger partial charge in [0.1, 0.15) is 11.0 Å². The third-order valence-corrected chi connectivity index (χ3v) is 4.42. The molecule has 0 bridgehead atoms. The van der Waals surface area contributed by atoms with Gasteiger partial charge in [-0.05, 0) is 24.8 Å². The Kier molecular flexibility index (Phi) is 5.22. The molecule has 1 aromatic heterocycles. The maximum Gasteiger partial charge on any atom is 0.150 e. The fraction of sp³-hybridized carbons (Fsp3) is 0.643. The van der Waals surface area contributed by atoms with Crippen LogP contribution in [0.25, 0.3) is 0 Å². The van der Waals surface area contributed by atoms with Gasteiger partial charge in [0.25, 0.3) is 0 Å². The summed E-state index contributed by atoms with van der Waals surface area (Å²) in [4.78, 5) is 6.71. The summed E-state index contributed by atoms with van der Waals surface area (Å²) >= 11 is 18.3. The van der Waals surface area contributed by atoms with Gasteiger partial charge in [-0.25, -0.2) is 4.98 Å². The molecule has 0 spiro atoms. The molecule has 0 unspecified atom stereocenters. The van der Waals surface area contributed by atoms with Crippen LogP contribution in [0.4, 0.5) is 5.82 Å². The Labute approximate surface area is 130 Å². The number of hydrogen-bond acceptors (Lipinski definition) is 2. The molecule has 5 heteroatoms. The number of nitrogens with zero attached hydrogens (tertiary/aromatic N) is 2. The third-order valence-electron chi connectivity index (χ3n) is 3.47. The minimum absolute atomic E-state index is 0.327. The van der Waals surface area contributed by atoms with E-state index in [-0.39, 0.29) is 0 Å². The second-order valence-corrected chi connectivity index (χ2v) is 6.72. The second-order valence-electron chi connectivity index (χ2n) is 5.55. The minimum atomic E-state index is 0.327. The molecule has 2 rings (SSSR count). The maximum atomic E-state index is 6.31. The van der Waals surface area contributed by atoms with Crippen molar-refractivity contribution in [3.8, 4) is 0 Å². The first kappa shape index (κ1) is 15.2. The van der Waals surface area contributed by atoms with Crippen LogP contribution in [0.5, 0.6) is 0 Å². The summed E-state index contributed by atoms with van der Waals surface area (Å²) < 4.78 is 0. The highest BCUT2D eigenvalue weighted by molar-refractivity contribution is 6.42. The molecule has 0 radical (unpaired) electrons. The largest absolute Gasteiger partial charge is 0.352 e. The molecule has 0 saturated heterocycles. The van der Waals surface area contributed by atoms with Crippen LogP contribution in [0.2, 0.25) is 15.2 Å². The van der Waals surface area contributed by atoms with E-state index in [4.69, 9.17) is 34.8 Å². The maximum absolute atomic E-state index is 6.31. The first-order chi connectivity index (χ1) is 8.99. The summed E-state index contributed by atoms with van der Waals surface area (Å²) in [6, 6.07) is 2.21. The van der Waals surface area contributed by atoms with Crippen LogP contribution in [0.1, 0.15) is 39.5 Å². The van der Waals surface area contributed by atoms with Crippen molar-refractivity contribution in [2.75, 3.05) is 11.4 Å². The summed E-state index contributed by atoms with van der Waals surface area (Å²) in [6.07, 6.45) is 4.95. The highest BCUT2D eigenvalue weighted by Gasteiger charge is 2.26. The van der Waals surface area contributed by atoms with E-state index < -0.39 is 0 Å². The number of aromatic nitrogens is 1. The van der Waals surface area contributed by atoms with Gasteiger partial charge in [0.05, 0.1) is 10.0 Å². The van der Waals surface area contributed by atoms with Crippen LogP contribution < -0.4 is 4.90 Å². The highest BCUT2D eigenvalue weighted by Crippen LogP contribution is 2.35. The van der Waals surface area contributed by atoms with Gasteiger partial charge >= 0.3 is 0 Å². The Morgan fingerprint density at radius 3 is 2.42 bits per heavy atom. The predicted octanol–water partition coefficient (Wildman–Crippen LogP) is 5.45. The van der Waals surface area contributed by atoms with E-state index in [1.54, 1.807) is 6.07 Å². The van der Waals surface area contributed by atoms with Crippen molar-refractivity contribution in [2.24, 2.45) is 5.92 Å². The lowest BCUT2D eigenvalue weighted by Crippen LogP contribution is -2.37. The van der Waals surface area contributed by atoms with Crippen LogP contribution in [0.3, 0.4) is 0 Å². The zero-order chi connectivity index (χ0) is 14.0. The summed E-state index contributed by atoms with van der Waals surface area (Å²) in [7, 11) is 0. The van der Waals surface area contributed by atoms with E-state index in [0.29, 0.717) is 27.2 Å². The van der Waals surface area contributed by atoms with Crippen LogP contribution >= 0.6 is 34.8 Å². The SMILES string of the molecule is CC(C)CN(c1nc(Cl)c(Cl)cc1Cl)C1CCCC1. The summed E-state index contributed by atoms with van der Waals surface area (Å²) in [5.74, 6) is 1.32. The van der Waals surface area contributed by atoms with Crippen LogP contribution in [-0.2, 0) is 0 Å². The smallest absolute Gasteiger partial charge is 0.150 e. The molecule has 1 aliphatic rings. The van der Waals surface area contributed by atoms with Crippen molar-refractivity contribution < 1.29 is 0 Å². The van der Waals surface area contributed by atoms with Gasteiger partial charge < -0.3 is 4.90 Å². The second kappa shape index (κ2) is 6.51. The Hall–Kier alpha value is -0.180. The molecule has 0 aromatic carbocycles. The molecule has 1 heterocycles. The van der Waals surface area contributed by atoms with Crippen molar-refractivity contribution in [3.05, 3.63) is 21.3 Å². The molecular weight excluding hydrogens is 303 g/mol. The lowest BCUT2D eigenvalue weighted by Gasteiger charge is -2.32. The number of pyridine rings is 1. The molecule has 2 nitrogen and oxygen atoms in total. The lowest BCUT2D eigenvalue weighted by molar-refractivity contribution is 0.531. The Bertz CT molecular complexity index is 443. The minimum Gasteiger partial charge on any atom is -0.352 e. The third kappa shape index (κ3) is 3.68. The van der Waals surface area contributed by atoms with E-state index >= 15 is 0 Å². The van der Waals surface area contributed by atoms with Crippen LogP contribution in [0, 0.1) is 5.92 Å². The number of anilines is 1. The van der Waals surface area contributed by atoms with E-state index in [1.807, 2.05) is 0 Å². The lowest BCUT2D eigenvalue weighted by atomic mass is 10.1. The van der Waals surface area contributed by atoms with Crippen molar-refractivity contribution in [1.82, 2.24) is 4.98 Å². The standard InChI is InChI=1S/C14H19Cl3N2/c1-9(2)8-19(10-5-3-4-6-10)14-12(16)7-11(15)13(17)18-14/h7,9-10H,3-6,8H2,1-2H3. The van der Waals surface area contributed by atoms with E-state index in [0.717, 1.165) is 12.4 Å². The van der Waals surface area contributed by atoms with Gasteiger partial charge in [0.2, 0.25) is 0 Å². The van der Waals surface area contributed by atoms with E-state index in [1.165, 1.54) is 25.7 Å². The molecule has 1 aliphatic carbocycles. The zero-order valence-electron chi connectivity index (χ0n) is 11.3.